The zero-order valence-corrected chi connectivity index (χ0v) is 26.8. The molecule has 0 fully saturated rings. The maximum Gasteiger partial charge on any atom is 0.338 e. The largest absolute Gasteiger partial charge is 0.490 e. The molecule has 2 heterocycles. The van der Waals surface area contributed by atoms with Gasteiger partial charge in [0, 0.05) is 6.20 Å². The van der Waals surface area contributed by atoms with Gasteiger partial charge in [-0.1, -0.05) is 41.7 Å². The summed E-state index contributed by atoms with van der Waals surface area (Å²) in [6.07, 6.45) is 3.24. The van der Waals surface area contributed by atoms with E-state index in [4.69, 9.17) is 23.7 Å². The molecule has 1 atom stereocenters. The summed E-state index contributed by atoms with van der Waals surface area (Å²) in [5.41, 5.74) is 2.78. The Morgan fingerprint density at radius 1 is 0.870 bits per heavy atom. The highest BCUT2D eigenvalue weighted by Crippen LogP contribution is 2.35. The minimum atomic E-state index is -0.775. The van der Waals surface area contributed by atoms with Crippen LogP contribution in [0.25, 0.3) is 6.08 Å². The zero-order valence-electron chi connectivity index (χ0n) is 26.0. The molecular formula is C35H34N2O8S. The lowest BCUT2D eigenvalue weighted by atomic mass is 9.97. The molecule has 0 bridgehead atoms. The highest BCUT2D eigenvalue weighted by molar-refractivity contribution is 7.07. The topological polar surface area (TPSA) is 115 Å². The molecule has 1 aromatic heterocycles. The van der Waals surface area contributed by atoms with E-state index in [1.165, 1.54) is 29.2 Å². The first-order chi connectivity index (χ1) is 22.4. The van der Waals surface area contributed by atoms with Gasteiger partial charge in [-0.2, -0.15) is 0 Å². The van der Waals surface area contributed by atoms with E-state index in [0.29, 0.717) is 64.1 Å². The van der Waals surface area contributed by atoms with Crippen molar-refractivity contribution in [1.29, 1.82) is 0 Å². The van der Waals surface area contributed by atoms with Crippen LogP contribution in [0.4, 0.5) is 0 Å². The van der Waals surface area contributed by atoms with Crippen LogP contribution >= 0.6 is 11.3 Å². The van der Waals surface area contributed by atoms with Crippen molar-refractivity contribution < 1.29 is 33.3 Å². The Hall–Kier alpha value is -5.16. The smallest absolute Gasteiger partial charge is 0.338 e. The van der Waals surface area contributed by atoms with E-state index in [9.17, 15) is 14.4 Å². The number of methoxy groups -OCH3 is 1. The molecule has 1 aliphatic heterocycles. The van der Waals surface area contributed by atoms with Gasteiger partial charge in [0.25, 0.3) is 5.56 Å². The number of fused-ring (bicyclic) bond motifs is 1. The molecule has 0 amide bonds. The molecule has 3 aromatic carbocycles. The van der Waals surface area contributed by atoms with E-state index in [1.54, 1.807) is 37.3 Å². The number of hydrogen-bond donors (Lipinski definition) is 0. The van der Waals surface area contributed by atoms with Crippen LogP contribution in [-0.2, 0) is 20.9 Å². The normalized spacial score (nSPS) is 14.0. The number of hydrogen-bond acceptors (Lipinski definition) is 10. The average Bonchev–Trinajstić information content (AvgIpc) is 3.39. The zero-order chi connectivity index (χ0) is 32.6. The average molecular weight is 643 g/mol. The van der Waals surface area contributed by atoms with Gasteiger partial charge in [0.15, 0.2) is 16.3 Å². The summed E-state index contributed by atoms with van der Waals surface area (Å²) < 4.78 is 29.5. The summed E-state index contributed by atoms with van der Waals surface area (Å²) in [4.78, 5) is 43.5. The second-order valence-electron chi connectivity index (χ2n) is 10.0. The molecule has 5 rings (SSSR count). The lowest BCUT2D eigenvalue weighted by Gasteiger charge is -2.23. The maximum absolute atomic E-state index is 13.9. The van der Waals surface area contributed by atoms with E-state index < -0.39 is 12.0 Å². The van der Waals surface area contributed by atoms with Gasteiger partial charge in [0.1, 0.15) is 12.4 Å². The summed E-state index contributed by atoms with van der Waals surface area (Å²) in [6, 6.07) is 19.0. The fourth-order valence-corrected chi connectivity index (χ4v) is 5.89. The van der Waals surface area contributed by atoms with Gasteiger partial charge in [0.05, 0.1) is 48.6 Å². The first-order valence-electron chi connectivity index (χ1n) is 14.8. The molecule has 0 radical (unpaired) electrons. The molecule has 0 unspecified atom stereocenters. The van der Waals surface area contributed by atoms with Crippen molar-refractivity contribution >= 4 is 29.4 Å². The predicted molar refractivity (Wildman–Crippen MR) is 173 cm³/mol. The van der Waals surface area contributed by atoms with E-state index in [0.717, 1.165) is 11.1 Å². The van der Waals surface area contributed by atoms with Crippen LogP contribution in [0.2, 0.25) is 0 Å². The Morgan fingerprint density at radius 3 is 2.26 bits per heavy atom. The van der Waals surface area contributed by atoms with Crippen molar-refractivity contribution in [1.82, 2.24) is 4.57 Å². The third-order valence-electron chi connectivity index (χ3n) is 7.06. The van der Waals surface area contributed by atoms with Crippen LogP contribution in [0.15, 0.2) is 88.3 Å². The number of carbonyl (C=O) groups is 2. The number of benzene rings is 3. The second-order valence-corrected chi connectivity index (χ2v) is 11.0. The number of thiazole rings is 1. The van der Waals surface area contributed by atoms with Gasteiger partial charge in [-0.05, 0) is 79.9 Å². The van der Waals surface area contributed by atoms with Crippen molar-refractivity contribution in [2.75, 3.05) is 26.9 Å². The molecule has 0 N–H and O–H groups in total. The van der Waals surface area contributed by atoms with Crippen LogP contribution in [-0.4, -0.2) is 43.4 Å². The monoisotopic (exact) mass is 642 g/mol. The number of nitrogens with zero attached hydrogens (tertiary/aromatic N) is 2. The summed E-state index contributed by atoms with van der Waals surface area (Å²) in [5.74, 6) is 0.797. The van der Waals surface area contributed by atoms with E-state index >= 15 is 0 Å². The molecule has 0 saturated carbocycles. The van der Waals surface area contributed by atoms with Crippen LogP contribution in [0.3, 0.4) is 0 Å². The van der Waals surface area contributed by atoms with Gasteiger partial charge in [-0.25, -0.2) is 14.6 Å². The highest BCUT2D eigenvalue weighted by Gasteiger charge is 2.31. The predicted octanol–water partition coefficient (Wildman–Crippen LogP) is 4.57. The van der Waals surface area contributed by atoms with Crippen molar-refractivity contribution in [3.63, 3.8) is 0 Å². The van der Waals surface area contributed by atoms with E-state index in [1.807, 2.05) is 56.3 Å². The van der Waals surface area contributed by atoms with Crippen molar-refractivity contribution in [3.05, 3.63) is 120 Å². The van der Waals surface area contributed by atoms with Crippen molar-refractivity contribution in [2.24, 2.45) is 4.99 Å². The van der Waals surface area contributed by atoms with E-state index in [2.05, 4.69) is 4.99 Å². The summed E-state index contributed by atoms with van der Waals surface area (Å²) >= 11 is 1.23. The Balaban J connectivity index is 1.41. The van der Waals surface area contributed by atoms with Gasteiger partial charge in [-0.3, -0.25) is 9.36 Å². The van der Waals surface area contributed by atoms with Gasteiger partial charge >= 0.3 is 11.9 Å². The third-order valence-corrected chi connectivity index (χ3v) is 8.05. The number of aromatic nitrogens is 1. The number of rotatable bonds is 12. The summed E-state index contributed by atoms with van der Waals surface area (Å²) in [7, 11) is 1.30. The van der Waals surface area contributed by atoms with Crippen LogP contribution in [0.5, 0.6) is 17.2 Å². The highest BCUT2D eigenvalue weighted by atomic mass is 32.1. The Bertz CT molecular complexity index is 1920. The first kappa shape index (κ1) is 32.2. The third kappa shape index (κ3) is 7.05. The molecule has 11 heteroatoms. The molecule has 0 aliphatic carbocycles. The molecule has 0 spiro atoms. The number of carbonyl (C=O) groups excluding carboxylic acids is 2. The minimum Gasteiger partial charge on any atom is -0.490 e. The molecule has 10 nitrogen and oxygen atoms in total. The van der Waals surface area contributed by atoms with Crippen LogP contribution in [0.1, 0.15) is 53.9 Å². The second kappa shape index (κ2) is 14.7. The van der Waals surface area contributed by atoms with Crippen LogP contribution in [0, 0.1) is 0 Å². The standard InChI is InChI=1S/C35H34N2O8S/c1-5-42-28-17-14-25(19-29(28)43-6-2)31-27(34(40)41-4)20-36-35-37(31)32(38)30(46-35)18-22-10-15-26(16-11-22)45-21-23-8-12-24(13-9-23)33(39)44-7-3/h8-20,31H,5-7,21H2,1-4H3/b30-18+/t31-/m0/s1. The van der Waals surface area contributed by atoms with Crippen molar-refractivity contribution in [3.8, 4) is 17.2 Å². The number of esters is 2. The number of ether oxygens (including phenoxy) is 5. The molecule has 0 saturated heterocycles. The van der Waals surface area contributed by atoms with Gasteiger partial charge in [-0.15, -0.1) is 0 Å². The van der Waals surface area contributed by atoms with Crippen molar-refractivity contribution in [2.45, 2.75) is 33.4 Å². The Labute approximate surface area is 269 Å². The van der Waals surface area contributed by atoms with Crippen LogP contribution < -0.4 is 29.1 Å². The van der Waals surface area contributed by atoms with Gasteiger partial charge < -0.3 is 23.7 Å². The minimum absolute atomic E-state index is 0.227. The fraction of sp³-hybridized carbons (Fsp3) is 0.257. The Morgan fingerprint density at radius 2 is 1.59 bits per heavy atom. The quantitative estimate of drug-likeness (QED) is 0.207. The molecule has 238 valence electrons. The summed E-state index contributed by atoms with van der Waals surface area (Å²) in [5, 5.41) is 0. The first-order valence-corrected chi connectivity index (χ1v) is 15.7. The fourth-order valence-electron chi connectivity index (χ4n) is 4.92. The maximum atomic E-state index is 13.9. The lowest BCUT2D eigenvalue weighted by Crippen LogP contribution is -2.39. The lowest BCUT2D eigenvalue weighted by molar-refractivity contribution is -0.136. The van der Waals surface area contributed by atoms with E-state index in [-0.39, 0.29) is 17.1 Å². The molecule has 4 aromatic rings. The Kier molecular flexibility index (Phi) is 10.3. The molecular weight excluding hydrogens is 608 g/mol. The summed E-state index contributed by atoms with van der Waals surface area (Å²) in [6.45, 7) is 7.04. The molecule has 1 aliphatic rings. The SMILES string of the molecule is CCOC(=O)c1ccc(COc2ccc(/C=c3/sc4n(c3=O)[C@@H](c3ccc(OCC)c(OCC)c3)C(C(=O)OC)=CN=4)cc2)cc1. The molecule has 46 heavy (non-hydrogen) atoms. The van der Waals surface area contributed by atoms with Gasteiger partial charge in [0.2, 0.25) is 0 Å².